The number of hydrogen-bond acceptors (Lipinski definition) is 6. The Labute approximate surface area is 197 Å². The van der Waals surface area contributed by atoms with Crippen molar-refractivity contribution in [3.05, 3.63) is 58.4 Å². The fourth-order valence-electron chi connectivity index (χ4n) is 3.36. The molecule has 0 aliphatic carbocycles. The number of nitrogens with one attached hydrogen (secondary N) is 1. The summed E-state index contributed by atoms with van der Waals surface area (Å²) in [6, 6.07) is 11.2. The Bertz CT molecular complexity index is 1080. The summed E-state index contributed by atoms with van der Waals surface area (Å²) in [4.78, 5) is 12.5. The van der Waals surface area contributed by atoms with Gasteiger partial charge in [0.1, 0.15) is 11.5 Å². The maximum absolute atomic E-state index is 12.5. The first-order valence-electron chi connectivity index (χ1n) is 10.2. The van der Waals surface area contributed by atoms with Gasteiger partial charge in [0.25, 0.3) is 0 Å². The Hall–Kier alpha value is -2.71. The largest absolute Gasteiger partial charge is 0.495 e. The Morgan fingerprint density at radius 3 is 2.56 bits per heavy atom. The fraction of sp³-hybridized carbons (Fsp3) is 0.348. The lowest BCUT2D eigenvalue weighted by atomic mass is 10.1. The van der Waals surface area contributed by atoms with E-state index in [1.54, 1.807) is 25.3 Å². The highest BCUT2D eigenvalue weighted by atomic mass is 35.5. The number of hydrogen-bond donors (Lipinski definition) is 1. The number of methoxy groups -OCH3 is 1. The molecule has 1 aromatic heterocycles. The summed E-state index contributed by atoms with van der Waals surface area (Å²) >= 11 is 7.35. The standard InChI is InChI=1S/C23H27ClN4O3S/c1-6-28-22(16(4)31-18-10-14(2)9-15(3)11-18)26-27-23(28)32-13-21(29)25-19-12-17(24)7-8-20(19)30-5/h7-12,16H,6,13H2,1-5H3,(H,25,29). The number of aromatic nitrogens is 3. The van der Waals surface area contributed by atoms with Gasteiger partial charge in [-0.05, 0) is 69.2 Å². The van der Waals surface area contributed by atoms with Gasteiger partial charge in [0.15, 0.2) is 17.1 Å². The van der Waals surface area contributed by atoms with Gasteiger partial charge in [-0.15, -0.1) is 10.2 Å². The summed E-state index contributed by atoms with van der Waals surface area (Å²) in [5.41, 5.74) is 2.81. The van der Waals surface area contributed by atoms with E-state index in [2.05, 4.69) is 21.6 Å². The first kappa shape index (κ1) is 23.9. The molecule has 0 saturated heterocycles. The van der Waals surface area contributed by atoms with E-state index in [0.29, 0.717) is 34.0 Å². The van der Waals surface area contributed by atoms with E-state index in [-0.39, 0.29) is 17.8 Å². The number of benzene rings is 2. The van der Waals surface area contributed by atoms with Crippen LogP contribution < -0.4 is 14.8 Å². The second-order valence-electron chi connectivity index (χ2n) is 7.35. The van der Waals surface area contributed by atoms with Crippen LogP contribution in [-0.2, 0) is 11.3 Å². The third-order valence-corrected chi connectivity index (χ3v) is 5.90. The van der Waals surface area contributed by atoms with Gasteiger partial charge in [0.2, 0.25) is 5.91 Å². The number of halogens is 1. The molecule has 32 heavy (non-hydrogen) atoms. The zero-order valence-electron chi connectivity index (χ0n) is 18.8. The van der Waals surface area contributed by atoms with Gasteiger partial charge < -0.3 is 19.4 Å². The Balaban J connectivity index is 1.67. The predicted octanol–water partition coefficient (Wildman–Crippen LogP) is 5.45. The van der Waals surface area contributed by atoms with Crippen molar-refractivity contribution in [2.24, 2.45) is 0 Å². The van der Waals surface area contributed by atoms with E-state index in [1.165, 1.54) is 11.8 Å². The third-order valence-electron chi connectivity index (χ3n) is 4.70. The van der Waals surface area contributed by atoms with E-state index in [9.17, 15) is 4.79 Å². The molecule has 1 atom stereocenters. The lowest BCUT2D eigenvalue weighted by molar-refractivity contribution is -0.113. The molecule has 0 bridgehead atoms. The first-order chi connectivity index (χ1) is 15.3. The van der Waals surface area contributed by atoms with Crippen LogP contribution in [0.3, 0.4) is 0 Å². The topological polar surface area (TPSA) is 78.3 Å². The molecular weight excluding hydrogens is 448 g/mol. The SMILES string of the molecule is CCn1c(SCC(=O)Nc2cc(Cl)ccc2OC)nnc1C(C)Oc1cc(C)cc(C)c1. The molecule has 1 N–H and O–H groups in total. The van der Waals surface area contributed by atoms with Crippen molar-refractivity contribution in [2.45, 2.75) is 45.5 Å². The quantitative estimate of drug-likeness (QED) is 0.415. The van der Waals surface area contributed by atoms with Gasteiger partial charge in [-0.3, -0.25) is 4.79 Å². The summed E-state index contributed by atoms with van der Waals surface area (Å²) in [7, 11) is 1.54. The molecule has 0 spiro atoms. The molecule has 0 saturated carbocycles. The van der Waals surface area contributed by atoms with E-state index in [4.69, 9.17) is 21.1 Å². The van der Waals surface area contributed by atoms with Crippen molar-refractivity contribution >= 4 is 35.0 Å². The van der Waals surface area contributed by atoms with Crippen molar-refractivity contribution in [2.75, 3.05) is 18.2 Å². The van der Waals surface area contributed by atoms with Crippen molar-refractivity contribution in [1.82, 2.24) is 14.8 Å². The Morgan fingerprint density at radius 2 is 1.91 bits per heavy atom. The summed E-state index contributed by atoms with van der Waals surface area (Å²) < 4.78 is 13.4. The third kappa shape index (κ3) is 5.95. The van der Waals surface area contributed by atoms with Crippen LogP contribution in [0.1, 0.15) is 36.9 Å². The minimum atomic E-state index is -0.289. The van der Waals surface area contributed by atoms with Crippen LogP contribution in [0.5, 0.6) is 11.5 Å². The molecule has 0 aliphatic heterocycles. The molecule has 9 heteroatoms. The molecule has 1 heterocycles. The van der Waals surface area contributed by atoms with Crippen molar-refractivity contribution in [3.8, 4) is 11.5 Å². The van der Waals surface area contributed by atoms with Crippen LogP contribution in [0.25, 0.3) is 0 Å². The summed E-state index contributed by atoms with van der Waals surface area (Å²) in [6.45, 7) is 8.70. The zero-order valence-corrected chi connectivity index (χ0v) is 20.4. The van der Waals surface area contributed by atoms with Crippen molar-refractivity contribution in [3.63, 3.8) is 0 Å². The van der Waals surface area contributed by atoms with Gasteiger partial charge in [0.05, 0.1) is 18.6 Å². The summed E-state index contributed by atoms with van der Waals surface area (Å²) in [5, 5.41) is 12.6. The Morgan fingerprint density at radius 1 is 1.19 bits per heavy atom. The molecule has 1 amide bonds. The number of ether oxygens (including phenoxy) is 2. The van der Waals surface area contributed by atoms with E-state index < -0.39 is 0 Å². The van der Waals surface area contributed by atoms with E-state index >= 15 is 0 Å². The molecule has 170 valence electrons. The monoisotopic (exact) mass is 474 g/mol. The number of carbonyl (C=O) groups is 1. The van der Waals surface area contributed by atoms with Crippen LogP contribution >= 0.6 is 23.4 Å². The average Bonchev–Trinajstić information content (AvgIpc) is 3.15. The average molecular weight is 475 g/mol. The molecule has 0 aliphatic rings. The summed E-state index contributed by atoms with van der Waals surface area (Å²) in [6.07, 6.45) is -0.289. The first-order valence-corrected chi connectivity index (χ1v) is 11.6. The highest BCUT2D eigenvalue weighted by Gasteiger charge is 2.20. The molecule has 0 radical (unpaired) electrons. The van der Waals surface area contributed by atoms with Crippen LogP contribution in [0.15, 0.2) is 41.6 Å². The van der Waals surface area contributed by atoms with Gasteiger partial charge >= 0.3 is 0 Å². The van der Waals surface area contributed by atoms with Gasteiger partial charge in [-0.25, -0.2) is 0 Å². The second kappa shape index (κ2) is 10.7. The van der Waals surface area contributed by atoms with Crippen LogP contribution in [0, 0.1) is 13.8 Å². The minimum absolute atomic E-state index is 0.167. The lowest BCUT2D eigenvalue weighted by Crippen LogP contribution is -2.16. The normalized spacial score (nSPS) is 11.8. The van der Waals surface area contributed by atoms with Crippen LogP contribution in [0.2, 0.25) is 5.02 Å². The Kier molecular flexibility index (Phi) is 8.04. The maximum Gasteiger partial charge on any atom is 0.234 e. The number of amides is 1. The number of nitrogens with zero attached hydrogens (tertiary/aromatic N) is 3. The molecule has 3 rings (SSSR count). The van der Waals surface area contributed by atoms with E-state index in [1.807, 2.05) is 44.4 Å². The fourth-order valence-corrected chi connectivity index (χ4v) is 4.34. The zero-order chi connectivity index (χ0) is 23.3. The molecule has 3 aromatic rings. The predicted molar refractivity (Wildman–Crippen MR) is 128 cm³/mol. The molecule has 0 fully saturated rings. The number of carbonyl (C=O) groups excluding carboxylic acids is 1. The van der Waals surface area contributed by atoms with Gasteiger partial charge in [-0.1, -0.05) is 29.4 Å². The molecule has 7 nitrogen and oxygen atoms in total. The molecular formula is C23H27ClN4O3S. The number of aryl methyl sites for hydroxylation is 2. The highest BCUT2D eigenvalue weighted by molar-refractivity contribution is 7.99. The highest BCUT2D eigenvalue weighted by Crippen LogP contribution is 2.29. The number of thioether (sulfide) groups is 1. The van der Waals surface area contributed by atoms with Gasteiger partial charge in [-0.2, -0.15) is 0 Å². The molecule has 2 aromatic carbocycles. The number of rotatable bonds is 9. The van der Waals surface area contributed by atoms with Crippen molar-refractivity contribution in [1.29, 1.82) is 0 Å². The second-order valence-corrected chi connectivity index (χ2v) is 8.73. The summed E-state index contributed by atoms with van der Waals surface area (Å²) in [5.74, 6) is 2.03. The minimum Gasteiger partial charge on any atom is -0.495 e. The van der Waals surface area contributed by atoms with Crippen LogP contribution in [0.4, 0.5) is 5.69 Å². The molecule has 1 unspecified atom stereocenters. The number of anilines is 1. The maximum atomic E-state index is 12.5. The smallest absolute Gasteiger partial charge is 0.234 e. The van der Waals surface area contributed by atoms with Crippen molar-refractivity contribution < 1.29 is 14.3 Å². The van der Waals surface area contributed by atoms with Crippen LogP contribution in [-0.4, -0.2) is 33.5 Å². The van der Waals surface area contributed by atoms with E-state index in [0.717, 1.165) is 16.9 Å². The lowest BCUT2D eigenvalue weighted by Gasteiger charge is -2.16. The van der Waals surface area contributed by atoms with Gasteiger partial charge in [0, 0.05) is 11.6 Å².